The van der Waals surface area contributed by atoms with Gasteiger partial charge in [-0.3, -0.25) is 9.78 Å². The predicted molar refractivity (Wildman–Crippen MR) is 96.1 cm³/mol. The Morgan fingerprint density at radius 1 is 1.38 bits per heavy atom. The summed E-state index contributed by atoms with van der Waals surface area (Å²) >= 11 is 0. The van der Waals surface area contributed by atoms with E-state index in [4.69, 9.17) is 9.47 Å². The molecule has 0 unspecified atom stereocenters. The number of rotatable bonds is 3. The molecule has 136 valence electrons. The zero-order chi connectivity index (χ0) is 18.0. The lowest BCUT2D eigenvalue weighted by Gasteiger charge is -2.39. The fourth-order valence-corrected chi connectivity index (χ4v) is 3.88. The number of hydrogen-bond donors (Lipinski definition) is 0. The summed E-state index contributed by atoms with van der Waals surface area (Å²) in [6, 6.07) is 7.51. The van der Waals surface area contributed by atoms with Crippen molar-refractivity contribution in [1.29, 1.82) is 0 Å². The molecular formula is C20H23N3O3. The molecule has 2 aliphatic rings. The van der Waals surface area contributed by atoms with Crippen LogP contribution in [0.15, 0.2) is 42.9 Å². The second-order valence-corrected chi connectivity index (χ2v) is 7.19. The van der Waals surface area contributed by atoms with Gasteiger partial charge >= 0.3 is 0 Å². The van der Waals surface area contributed by atoms with Crippen LogP contribution in [0, 0.1) is 6.92 Å². The molecule has 4 heterocycles. The van der Waals surface area contributed by atoms with Crippen molar-refractivity contribution in [2.24, 2.45) is 0 Å². The first-order valence-corrected chi connectivity index (χ1v) is 9.06. The van der Waals surface area contributed by atoms with Crippen LogP contribution in [0.25, 0.3) is 0 Å². The van der Waals surface area contributed by atoms with Crippen LogP contribution in [0.5, 0.6) is 5.88 Å². The highest BCUT2D eigenvalue weighted by Crippen LogP contribution is 2.36. The van der Waals surface area contributed by atoms with E-state index in [2.05, 4.69) is 9.97 Å². The first kappa shape index (κ1) is 17.0. The Labute approximate surface area is 153 Å². The summed E-state index contributed by atoms with van der Waals surface area (Å²) in [5.74, 6) is 0.644. The number of ether oxygens (including phenoxy) is 2. The van der Waals surface area contributed by atoms with E-state index in [1.165, 1.54) is 0 Å². The van der Waals surface area contributed by atoms with E-state index in [1.54, 1.807) is 18.6 Å². The Morgan fingerprint density at radius 2 is 2.31 bits per heavy atom. The fraction of sp³-hybridized carbons (Fsp3) is 0.450. The van der Waals surface area contributed by atoms with E-state index >= 15 is 0 Å². The minimum Gasteiger partial charge on any atom is -0.472 e. The molecule has 1 spiro atoms. The van der Waals surface area contributed by atoms with E-state index in [0.29, 0.717) is 24.6 Å². The third-order valence-corrected chi connectivity index (χ3v) is 5.05. The number of aryl methyl sites for hydroxylation is 1. The van der Waals surface area contributed by atoms with Crippen LogP contribution in [0.1, 0.15) is 35.2 Å². The van der Waals surface area contributed by atoms with Gasteiger partial charge in [-0.1, -0.05) is 6.07 Å². The summed E-state index contributed by atoms with van der Waals surface area (Å²) < 4.78 is 12.1. The van der Waals surface area contributed by atoms with Crippen molar-refractivity contribution in [3.8, 4) is 5.88 Å². The molecule has 2 aromatic heterocycles. The lowest BCUT2D eigenvalue weighted by Crippen LogP contribution is -2.50. The Balaban J connectivity index is 1.42. The Hall–Kier alpha value is -2.47. The SMILES string of the molecule is Cc1cncc(C(=O)N2CCC[C@]3(C[C@H](Oc4ccccn4)CO3)C2)c1. The average molecular weight is 353 g/mol. The Kier molecular flexibility index (Phi) is 4.59. The third-order valence-electron chi connectivity index (χ3n) is 5.05. The maximum atomic E-state index is 12.9. The van der Waals surface area contributed by atoms with Crippen LogP contribution in [0.2, 0.25) is 0 Å². The first-order chi connectivity index (χ1) is 12.6. The van der Waals surface area contributed by atoms with E-state index in [-0.39, 0.29) is 17.6 Å². The van der Waals surface area contributed by atoms with Gasteiger partial charge in [0.1, 0.15) is 6.10 Å². The van der Waals surface area contributed by atoms with Crippen LogP contribution in [0.3, 0.4) is 0 Å². The topological polar surface area (TPSA) is 64.6 Å². The molecule has 0 radical (unpaired) electrons. The number of amides is 1. The first-order valence-electron chi connectivity index (χ1n) is 9.06. The standard InChI is InChI=1S/C20H23N3O3/c1-15-9-16(12-21-11-15)19(24)23-8-4-6-20(14-23)10-17(13-25-20)26-18-5-2-3-7-22-18/h2-3,5,7,9,11-12,17H,4,6,8,10,13-14H2,1H3/t17-,20-/m0/s1. The number of nitrogens with zero attached hydrogens (tertiary/aromatic N) is 3. The summed E-state index contributed by atoms with van der Waals surface area (Å²) in [6.45, 7) is 3.83. The monoisotopic (exact) mass is 353 g/mol. The van der Waals surface area contributed by atoms with Crippen molar-refractivity contribution in [2.75, 3.05) is 19.7 Å². The zero-order valence-electron chi connectivity index (χ0n) is 14.9. The van der Waals surface area contributed by atoms with Gasteiger partial charge in [0.05, 0.1) is 24.3 Å². The van der Waals surface area contributed by atoms with Crippen LogP contribution in [-0.2, 0) is 4.74 Å². The van der Waals surface area contributed by atoms with Gasteiger partial charge in [-0.05, 0) is 37.5 Å². The molecule has 6 nitrogen and oxygen atoms in total. The van der Waals surface area contributed by atoms with Crippen molar-refractivity contribution in [1.82, 2.24) is 14.9 Å². The van der Waals surface area contributed by atoms with Gasteiger partial charge in [0.25, 0.3) is 5.91 Å². The summed E-state index contributed by atoms with van der Waals surface area (Å²) in [5.41, 5.74) is 1.31. The van der Waals surface area contributed by atoms with Crippen LogP contribution in [-0.4, -0.2) is 52.2 Å². The molecule has 0 bridgehead atoms. The molecule has 4 rings (SSSR count). The zero-order valence-corrected chi connectivity index (χ0v) is 14.9. The number of carbonyl (C=O) groups excluding carboxylic acids is 1. The fourth-order valence-electron chi connectivity index (χ4n) is 3.88. The van der Waals surface area contributed by atoms with Crippen LogP contribution >= 0.6 is 0 Å². The maximum absolute atomic E-state index is 12.9. The van der Waals surface area contributed by atoms with Crippen molar-refractivity contribution in [2.45, 2.75) is 37.9 Å². The molecule has 0 saturated carbocycles. The molecular weight excluding hydrogens is 330 g/mol. The molecule has 2 aromatic rings. The Morgan fingerprint density at radius 3 is 3.12 bits per heavy atom. The molecule has 0 aliphatic carbocycles. The van der Waals surface area contributed by atoms with Crippen molar-refractivity contribution in [3.05, 3.63) is 54.0 Å². The molecule has 2 saturated heterocycles. The van der Waals surface area contributed by atoms with Gasteiger partial charge in [0.2, 0.25) is 5.88 Å². The maximum Gasteiger partial charge on any atom is 0.255 e. The summed E-state index contributed by atoms with van der Waals surface area (Å²) in [4.78, 5) is 23.1. The number of piperidine rings is 1. The summed E-state index contributed by atoms with van der Waals surface area (Å²) in [7, 11) is 0. The van der Waals surface area contributed by atoms with Gasteiger partial charge < -0.3 is 14.4 Å². The van der Waals surface area contributed by atoms with Crippen molar-refractivity contribution < 1.29 is 14.3 Å². The number of likely N-dealkylation sites (tertiary alicyclic amines) is 1. The molecule has 0 N–H and O–H groups in total. The van der Waals surface area contributed by atoms with Crippen LogP contribution in [0.4, 0.5) is 0 Å². The summed E-state index contributed by atoms with van der Waals surface area (Å²) in [6.07, 6.45) is 7.75. The van der Waals surface area contributed by atoms with E-state index in [1.807, 2.05) is 36.1 Å². The second-order valence-electron chi connectivity index (χ2n) is 7.19. The predicted octanol–water partition coefficient (Wildman–Crippen LogP) is 2.63. The number of aromatic nitrogens is 2. The minimum absolute atomic E-state index is 0.0259. The lowest BCUT2D eigenvalue weighted by molar-refractivity contribution is -0.0453. The lowest BCUT2D eigenvalue weighted by atomic mass is 9.89. The summed E-state index contributed by atoms with van der Waals surface area (Å²) in [5, 5.41) is 0. The van der Waals surface area contributed by atoms with Gasteiger partial charge in [0.15, 0.2) is 0 Å². The highest BCUT2D eigenvalue weighted by Gasteiger charge is 2.45. The largest absolute Gasteiger partial charge is 0.472 e. The number of hydrogen-bond acceptors (Lipinski definition) is 5. The molecule has 2 atom stereocenters. The van der Waals surface area contributed by atoms with Gasteiger partial charge in [-0.15, -0.1) is 0 Å². The molecule has 1 amide bonds. The van der Waals surface area contributed by atoms with E-state index in [9.17, 15) is 4.79 Å². The second kappa shape index (κ2) is 7.03. The smallest absolute Gasteiger partial charge is 0.255 e. The molecule has 2 aliphatic heterocycles. The minimum atomic E-state index is -0.315. The van der Waals surface area contributed by atoms with Gasteiger partial charge in [-0.2, -0.15) is 0 Å². The molecule has 0 aromatic carbocycles. The van der Waals surface area contributed by atoms with Crippen molar-refractivity contribution in [3.63, 3.8) is 0 Å². The third kappa shape index (κ3) is 3.55. The van der Waals surface area contributed by atoms with Crippen molar-refractivity contribution >= 4 is 5.91 Å². The Bertz CT molecular complexity index is 783. The average Bonchev–Trinajstić information content (AvgIpc) is 3.03. The quantitative estimate of drug-likeness (QED) is 0.849. The normalized spacial score (nSPS) is 25.4. The molecule has 26 heavy (non-hydrogen) atoms. The molecule has 2 fully saturated rings. The van der Waals surface area contributed by atoms with Crippen LogP contribution < -0.4 is 4.74 Å². The van der Waals surface area contributed by atoms with E-state index in [0.717, 1.165) is 31.4 Å². The highest BCUT2D eigenvalue weighted by molar-refractivity contribution is 5.94. The van der Waals surface area contributed by atoms with Gasteiger partial charge in [-0.25, -0.2) is 4.98 Å². The highest BCUT2D eigenvalue weighted by atomic mass is 16.6. The van der Waals surface area contributed by atoms with E-state index < -0.39 is 0 Å². The van der Waals surface area contributed by atoms with Gasteiger partial charge in [0, 0.05) is 37.6 Å². The number of pyridine rings is 2. The number of carbonyl (C=O) groups is 1. The molecule has 6 heteroatoms.